The van der Waals surface area contributed by atoms with Gasteiger partial charge in [-0.05, 0) is 36.9 Å². The van der Waals surface area contributed by atoms with E-state index in [9.17, 15) is 4.79 Å². The first kappa shape index (κ1) is 17.6. The highest BCUT2D eigenvalue weighted by molar-refractivity contribution is 5.83. The molecular formula is C18H22N4O2. The van der Waals surface area contributed by atoms with E-state index in [-0.39, 0.29) is 6.67 Å². The van der Waals surface area contributed by atoms with Crippen LogP contribution in [0.1, 0.15) is 16.8 Å². The monoisotopic (exact) mass is 326 g/mol. The van der Waals surface area contributed by atoms with Crippen LogP contribution in [0.4, 0.5) is 5.69 Å². The Labute approximate surface area is 142 Å². The van der Waals surface area contributed by atoms with E-state index in [0.717, 1.165) is 42.8 Å². The summed E-state index contributed by atoms with van der Waals surface area (Å²) in [7, 11) is 1.63. The van der Waals surface area contributed by atoms with Crippen LogP contribution < -0.4 is 15.4 Å². The number of carbonyl (C=O) groups excluding carboxylic acids is 1. The van der Waals surface area contributed by atoms with Crippen LogP contribution in [0.15, 0.2) is 51.6 Å². The average molecular weight is 326 g/mol. The molecule has 6 heteroatoms. The zero-order valence-corrected chi connectivity index (χ0v) is 13.8. The third kappa shape index (κ3) is 4.39. The molecule has 0 aromatic heterocycles. The average Bonchev–Trinajstić information content (AvgIpc) is 3.07. The number of hydrogen-bond donors (Lipinski definition) is 1. The molecule has 0 radical (unpaired) electrons. The SMILES string of the molecule is C=N/C=C(C=NCN)/C=C1\CCN(c2cc(C=O)ccc2OC)C1. The molecule has 1 heterocycles. The molecular weight excluding hydrogens is 304 g/mol. The first-order chi connectivity index (χ1) is 11.7. The summed E-state index contributed by atoms with van der Waals surface area (Å²) in [5, 5.41) is 0. The first-order valence-electron chi connectivity index (χ1n) is 7.65. The molecule has 0 atom stereocenters. The van der Waals surface area contributed by atoms with Gasteiger partial charge in [-0.15, -0.1) is 0 Å². The summed E-state index contributed by atoms with van der Waals surface area (Å²) < 4.78 is 5.42. The maximum Gasteiger partial charge on any atom is 0.150 e. The summed E-state index contributed by atoms with van der Waals surface area (Å²) in [6.07, 6.45) is 7.15. The maximum absolute atomic E-state index is 11.0. The van der Waals surface area contributed by atoms with Crippen molar-refractivity contribution < 1.29 is 9.53 Å². The van der Waals surface area contributed by atoms with Gasteiger partial charge in [0.05, 0.1) is 19.5 Å². The predicted octanol–water partition coefficient (Wildman–Crippen LogP) is 2.22. The maximum atomic E-state index is 11.0. The largest absolute Gasteiger partial charge is 0.495 e. The second-order valence-corrected chi connectivity index (χ2v) is 5.33. The molecule has 24 heavy (non-hydrogen) atoms. The highest BCUT2D eigenvalue weighted by Gasteiger charge is 2.20. The second kappa shape index (κ2) is 8.79. The molecule has 1 fully saturated rings. The van der Waals surface area contributed by atoms with Gasteiger partial charge in [0, 0.05) is 36.6 Å². The number of rotatable bonds is 7. The number of hydrogen-bond acceptors (Lipinski definition) is 6. The molecule has 126 valence electrons. The molecule has 1 aliphatic rings. The Balaban J connectivity index is 2.22. The third-order valence-corrected chi connectivity index (χ3v) is 3.73. The number of nitrogens with zero attached hydrogens (tertiary/aromatic N) is 3. The molecule has 0 bridgehead atoms. The van der Waals surface area contributed by atoms with Gasteiger partial charge in [-0.2, -0.15) is 0 Å². The van der Waals surface area contributed by atoms with Crippen molar-refractivity contribution in [3.8, 4) is 5.75 Å². The number of allylic oxidation sites excluding steroid dienone is 2. The van der Waals surface area contributed by atoms with Gasteiger partial charge in [0.25, 0.3) is 0 Å². The lowest BCUT2D eigenvalue weighted by Gasteiger charge is -2.20. The smallest absolute Gasteiger partial charge is 0.150 e. The Morgan fingerprint density at radius 3 is 3.00 bits per heavy atom. The molecule has 0 spiro atoms. The summed E-state index contributed by atoms with van der Waals surface area (Å²) in [4.78, 5) is 21.1. The number of aldehydes is 1. The number of carbonyl (C=O) groups is 1. The van der Waals surface area contributed by atoms with Gasteiger partial charge < -0.3 is 15.4 Å². The van der Waals surface area contributed by atoms with E-state index in [1.54, 1.807) is 25.6 Å². The van der Waals surface area contributed by atoms with Crippen LogP contribution in [0.2, 0.25) is 0 Å². The number of aliphatic imine (C=N–C) groups is 2. The number of methoxy groups -OCH3 is 1. The standard InChI is InChI=1S/C18H22N4O2/c1-20-9-16(10-21-13-19)7-14-5-6-22(11-14)17-8-15(12-23)3-4-18(17)24-2/h3-4,7-10,12H,1,5-6,11,13,19H2,2H3/b14-7+,16-9-,21-10?. The molecule has 2 N–H and O–H groups in total. The van der Waals surface area contributed by atoms with E-state index in [2.05, 4.69) is 21.6 Å². The van der Waals surface area contributed by atoms with Crippen molar-refractivity contribution in [1.29, 1.82) is 0 Å². The molecule has 0 amide bonds. The van der Waals surface area contributed by atoms with Gasteiger partial charge in [0.1, 0.15) is 12.0 Å². The Hall–Kier alpha value is -2.73. The molecule has 1 saturated heterocycles. The van der Waals surface area contributed by atoms with Crippen molar-refractivity contribution in [3.63, 3.8) is 0 Å². The molecule has 1 aromatic rings. The minimum Gasteiger partial charge on any atom is -0.495 e. The quantitative estimate of drug-likeness (QED) is 0.615. The van der Waals surface area contributed by atoms with E-state index >= 15 is 0 Å². The predicted molar refractivity (Wildman–Crippen MR) is 98.5 cm³/mol. The lowest BCUT2D eigenvalue weighted by molar-refractivity contribution is 0.112. The van der Waals surface area contributed by atoms with Crippen LogP contribution in [-0.2, 0) is 0 Å². The van der Waals surface area contributed by atoms with Gasteiger partial charge in [-0.3, -0.25) is 14.8 Å². The molecule has 1 aromatic carbocycles. The lowest BCUT2D eigenvalue weighted by atomic mass is 10.1. The van der Waals surface area contributed by atoms with Gasteiger partial charge in [0.15, 0.2) is 0 Å². The number of ether oxygens (including phenoxy) is 1. The van der Waals surface area contributed by atoms with E-state index in [4.69, 9.17) is 10.5 Å². The van der Waals surface area contributed by atoms with E-state index < -0.39 is 0 Å². The second-order valence-electron chi connectivity index (χ2n) is 5.33. The van der Waals surface area contributed by atoms with Gasteiger partial charge >= 0.3 is 0 Å². The van der Waals surface area contributed by atoms with Crippen molar-refractivity contribution in [2.24, 2.45) is 15.7 Å². The zero-order valence-electron chi connectivity index (χ0n) is 13.8. The Kier molecular flexibility index (Phi) is 6.45. The Bertz CT molecular complexity index is 692. The molecule has 1 aliphatic heterocycles. The Morgan fingerprint density at radius 2 is 2.33 bits per heavy atom. The van der Waals surface area contributed by atoms with Crippen LogP contribution in [0.25, 0.3) is 0 Å². The van der Waals surface area contributed by atoms with Crippen molar-refractivity contribution in [3.05, 3.63) is 47.2 Å². The minimum absolute atomic E-state index is 0.236. The number of nitrogens with two attached hydrogens (primary N) is 1. The van der Waals surface area contributed by atoms with E-state index in [1.165, 1.54) is 5.57 Å². The summed E-state index contributed by atoms with van der Waals surface area (Å²) in [6.45, 7) is 5.32. The lowest BCUT2D eigenvalue weighted by Crippen LogP contribution is -2.19. The minimum atomic E-state index is 0.236. The van der Waals surface area contributed by atoms with Gasteiger partial charge in [-0.25, -0.2) is 0 Å². The third-order valence-electron chi connectivity index (χ3n) is 3.73. The highest BCUT2D eigenvalue weighted by atomic mass is 16.5. The molecule has 6 nitrogen and oxygen atoms in total. The van der Waals surface area contributed by atoms with Crippen molar-refractivity contribution in [1.82, 2.24) is 0 Å². The van der Waals surface area contributed by atoms with Crippen molar-refractivity contribution in [2.45, 2.75) is 6.42 Å². The fourth-order valence-electron chi connectivity index (χ4n) is 2.64. The highest BCUT2D eigenvalue weighted by Crippen LogP contribution is 2.33. The van der Waals surface area contributed by atoms with Crippen LogP contribution in [-0.4, -0.2) is 46.1 Å². The fraction of sp³-hybridized carbons (Fsp3) is 0.278. The molecule has 0 unspecified atom stereocenters. The first-order valence-corrected chi connectivity index (χ1v) is 7.65. The van der Waals surface area contributed by atoms with Crippen LogP contribution in [0.3, 0.4) is 0 Å². The van der Waals surface area contributed by atoms with Crippen molar-refractivity contribution >= 4 is 24.9 Å². The molecule has 0 saturated carbocycles. The van der Waals surface area contributed by atoms with E-state index in [0.29, 0.717) is 5.56 Å². The van der Waals surface area contributed by atoms with E-state index in [1.807, 2.05) is 18.2 Å². The topological polar surface area (TPSA) is 80.3 Å². The zero-order chi connectivity index (χ0) is 17.4. The summed E-state index contributed by atoms with van der Waals surface area (Å²) >= 11 is 0. The normalized spacial score (nSPS) is 16.8. The summed E-state index contributed by atoms with van der Waals surface area (Å²) in [6, 6.07) is 5.43. The van der Waals surface area contributed by atoms with Crippen LogP contribution in [0, 0.1) is 0 Å². The summed E-state index contributed by atoms with van der Waals surface area (Å²) in [5.74, 6) is 0.759. The molecule has 2 rings (SSSR count). The van der Waals surface area contributed by atoms with Crippen LogP contribution in [0.5, 0.6) is 5.75 Å². The number of benzene rings is 1. The van der Waals surface area contributed by atoms with Gasteiger partial charge in [-0.1, -0.05) is 6.08 Å². The summed E-state index contributed by atoms with van der Waals surface area (Å²) in [5.41, 5.74) is 9.06. The van der Waals surface area contributed by atoms with Crippen molar-refractivity contribution in [2.75, 3.05) is 31.8 Å². The number of anilines is 1. The fourth-order valence-corrected chi connectivity index (χ4v) is 2.64. The Morgan fingerprint density at radius 1 is 1.50 bits per heavy atom. The van der Waals surface area contributed by atoms with Crippen LogP contribution >= 0.6 is 0 Å². The molecule has 0 aliphatic carbocycles. The van der Waals surface area contributed by atoms with Gasteiger partial charge in [0.2, 0.25) is 0 Å².